The third kappa shape index (κ3) is 4.82. The molecule has 1 saturated heterocycles. The third-order valence-corrected chi connectivity index (χ3v) is 7.01. The molecular formula is C30H30N4O3. The third-order valence-electron chi connectivity index (χ3n) is 7.01. The van der Waals surface area contributed by atoms with E-state index in [-0.39, 0.29) is 11.6 Å². The van der Waals surface area contributed by atoms with E-state index in [1.165, 1.54) is 5.56 Å². The number of ether oxygens (including phenoxy) is 2. The number of hydrogen-bond acceptors (Lipinski definition) is 6. The van der Waals surface area contributed by atoms with Gasteiger partial charge >= 0.3 is 0 Å². The van der Waals surface area contributed by atoms with Crippen molar-refractivity contribution >= 4 is 11.4 Å². The first-order valence-corrected chi connectivity index (χ1v) is 12.7. The molecule has 0 spiro atoms. The molecule has 2 N–H and O–H groups in total. The number of aromatic nitrogens is 2. The standard InChI is InChI=1S/C30H30N4O3/c1-19-8-9-31-26(14-19)20(2)32-23-6-7-28-22(16-23)15-21-4-3-5-25(30(21)37-28)27-17-24(18-29(35)33-27)34-10-12-36-13-11-34/h3-9,14,16-18,20,32H,10-13,15H2,1-2H3,(H,33,35). The monoisotopic (exact) mass is 494 g/mol. The smallest absolute Gasteiger partial charge is 0.250 e. The Labute approximate surface area is 216 Å². The van der Waals surface area contributed by atoms with Gasteiger partial charge in [-0.05, 0) is 67.4 Å². The lowest BCUT2D eigenvalue weighted by molar-refractivity contribution is 0.122. The van der Waals surface area contributed by atoms with Crippen LogP contribution in [-0.4, -0.2) is 36.3 Å². The number of pyridine rings is 2. The number of H-pyrrole nitrogens is 1. The average molecular weight is 495 g/mol. The molecule has 1 unspecified atom stereocenters. The molecule has 7 nitrogen and oxygen atoms in total. The van der Waals surface area contributed by atoms with Gasteiger partial charge in [-0.3, -0.25) is 9.78 Å². The zero-order chi connectivity index (χ0) is 25.4. The molecule has 4 aromatic rings. The molecule has 4 heterocycles. The van der Waals surface area contributed by atoms with E-state index < -0.39 is 0 Å². The number of benzene rings is 2. The molecule has 2 aromatic carbocycles. The molecular weight excluding hydrogens is 464 g/mol. The van der Waals surface area contributed by atoms with E-state index in [4.69, 9.17) is 9.47 Å². The number of nitrogens with zero attached hydrogens (tertiary/aromatic N) is 2. The highest BCUT2D eigenvalue weighted by Gasteiger charge is 2.22. The molecule has 0 radical (unpaired) electrons. The van der Waals surface area contributed by atoms with Crippen molar-refractivity contribution < 1.29 is 9.47 Å². The van der Waals surface area contributed by atoms with Gasteiger partial charge in [-0.1, -0.05) is 12.1 Å². The van der Waals surface area contributed by atoms with E-state index in [1.54, 1.807) is 6.07 Å². The number of rotatable bonds is 5. The highest BCUT2D eigenvalue weighted by atomic mass is 16.5. The zero-order valence-electron chi connectivity index (χ0n) is 21.1. The van der Waals surface area contributed by atoms with Crippen LogP contribution >= 0.6 is 0 Å². The van der Waals surface area contributed by atoms with E-state index in [0.717, 1.165) is 70.5 Å². The molecule has 7 heteroatoms. The minimum absolute atomic E-state index is 0.0805. The first-order chi connectivity index (χ1) is 18.0. The fraction of sp³-hybridized carbons (Fsp3) is 0.267. The molecule has 1 fully saturated rings. The Bertz CT molecular complexity index is 1510. The lowest BCUT2D eigenvalue weighted by Crippen LogP contribution is -2.36. The molecule has 2 aliphatic heterocycles. The number of fused-ring (bicyclic) bond motifs is 2. The average Bonchev–Trinajstić information content (AvgIpc) is 2.91. The lowest BCUT2D eigenvalue weighted by Gasteiger charge is -2.29. The first-order valence-electron chi connectivity index (χ1n) is 12.7. The number of morpholine rings is 1. The summed E-state index contributed by atoms with van der Waals surface area (Å²) < 4.78 is 11.9. The van der Waals surface area contributed by atoms with Crippen LogP contribution in [0.15, 0.2) is 71.7 Å². The molecule has 0 aliphatic carbocycles. The van der Waals surface area contributed by atoms with E-state index in [9.17, 15) is 4.79 Å². The zero-order valence-corrected chi connectivity index (χ0v) is 21.1. The number of anilines is 2. The first kappa shape index (κ1) is 23.3. The van der Waals surface area contributed by atoms with E-state index in [0.29, 0.717) is 13.2 Å². The van der Waals surface area contributed by atoms with Crippen LogP contribution in [0.2, 0.25) is 0 Å². The van der Waals surface area contributed by atoms with Crippen molar-refractivity contribution in [2.45, 2.75) is 26.3 Å². The van der Waals surface area contributed by atoms with Crippen molar-refractivity contribution in [2.75, 3.05) is 36.5 Å². The molecule has 188 valence electrons. The summed E-state index contributed by atoms with van der Waals surface area (Å²) in [6.07, 6.45) is 2.60. The summed E-state index contributed by atoms with van der Waals surface area (Å²) in [5.41, 5.74) is 7.87. The molecule has 37 heavy (non-hydrogen) atoms. The van der Waals surface area contributed by atoms with Crippen molar-refractivity contribution in [1.29, 1.82) is 0 Å². The van der Waals surface area contributed by atoms with Crippen LogP contribution in [0, 0.1) is 6.92 Å². The highest BCUT2D eigenvalue weighted by molar-refractivity contribution is 5.74. The van der Waals surface area contributed by atoms with Crippen LogP contribution in [-0.2, 0) is 11.2 Å². The summed E-state index contributed by atoms with van der Waals surface area (Å²) in [7, 11) is 0. The van der Waals surface area contributed by atoms with E-state index >= 15 is 0 Å². The number of hydrogen-bond donors (Lipinski definition) is 2. The Morgan fingerprint density at radius 3 is 2.73 bits per heavy atom. The fourth-order valence-corrected chi connectivity index (χ4v) is 5.08. The number of nitrogens with one attached hydrogen (secondary N) is 2. The molecule has 2 aliphatic rings. The second-order valence-corrected chi connectivity index (χ2v) is 9.74. The Morgan fingerprint density at radius 2 is 1.89 bits per heavy atom. The second kappa shape index (κ2) is 9.75. The molecule has 2 aromatic heterocycles. The predicted octanol–water partition coefficient (Wildman–Crippen LogP) is 5.45. The molecule has 0 saturated carbocycles. The summed E-state index contributed by atoms with van der Waals surface area (Å²) in [4.78, 5) is 22.3. The quantitative estimate of drug-likeness (QED) is 0.338. The largest absolute Gasteiger partial charge is 0.456 e. The van der Waals surface area contributed by atoms with Gasteiger partial charge < -0.3 is 24.7 Å². The van der Waals surface area contributed by atoms with E-state index in [1.807, 2.05) is 42.6 Å². The SMILES string of the molecule is Cc1ccnc(C(C)Nc2ccc3c(c2)Cc2cccc(-c4cc(N5CCOCC5)cc(=O)[nH]4)c2O3)c1. The Balaban J connectivity index is 1.27. The maximum atomic E-state index is 12.6. The number of aryl methyl sites for hydroxylation is 1. The van der Waals surface area contributed by atoms with Gasteiger partial charge in [0.2, 0.25) is 5.56 Å². The second-order valence-electron chi connectivity index (χ2n) is 9.74. The molecule has 0 bridgehead atoms. The van der Waals surface area contributed by atoms with Crippen LogP contribution in [0.5, 0.6) is 11.5 Å². The Morgan fingerprint density at radius 1 is 1.03 bits per heavy atom. The Kier molecular flexibility index (Phi) is 6.14. The molecule has 1 atom stereocenters. The van der Waals surface area contributed by atoms with E-state index in [2.05, 4.69) is 52.2 Å². The van der Waals surface area contributed by atoms with Crippen LogP contribution in [0.25, 0.3) is 11.3 Å². The van der Waals surface area contributed by atoms with Crippen LogP contribution in [0.4, 0.5) is 11.4 Å². The lowest BCUT2D eigenvalue weighted by atomic mass is 9.96. The van der Waals surface area contributed by atoms with Gasteiger partial charge in [0, 0.05) is 54.3 Å². The summed E-state index contributed by atoms with van der Waals surface area (Å²) in [5, 5.41) is 3.57. The van der Waals surface area contributed by atoms with Crippen molar-refractivity contribution in [2.24, 2.45) is 0 Å². The van der Waals surface area contributed by atoms with Gasteiger partial charge in [-0.2, -0.15) is 0 Å². The summed E-state index contributed by atoms with van der Waals surface area (Å²) in [6.45, 7) is 7.07. The minimum atomic E-state index is -0.124. The van der Waals surface area contributed by atoms with Crippen molar-refractivity contribution in [3.8, 4) is 22.8 Å². The van der Waals surface area contributed by atoms with Gasteiger partial charge in [0.15, 0.2) is 0 Å². The minimum Gasteiger partial charge on any atom is -0.456 e. The highest BCUT2D eigenvalue weighted by Crippen LogP contribution is 2.43. The van der Waals surface area contributed by atoms with Crippen LogP contribution in [0.3, 0.4) is 0 Å². The molecule has 0 amide bonds. The number of aromatic amines is 1. The van der Waals surface area contributed by atoms with Crippen molar-refractivity contribution in [1.82, 2.24) is 9.97 Å². The predicted molar refractivity (Wildman–Crippen MR) is 146 cm³/mol. The maximum Gasteiger partial charge on any atom is 0.250 e. The van der Waals surface area contributed by atoms with Gasteiger partial charge in [0.05, 0.1) is 30.6 Å². The van der Waals surface area contributed by atoms with Gasteiger partial charge in [0.1, 0.15) is 11.5 Å². The van der Waals surface area contributed by atoms with Crippen LogP contribution in [0.1, 0.15) is 35.3 Å². The normalized spacial score (nSPS) is 15.4. The van der Waals surface area contributed by atoms with Gasteiger partial charge in [-0.15, -0.1) is 0 Å². The maximum absolute atomic E-state index is 12.6. The summed E-state index contributed by atoms with van der Waals surface area (Å²) >= 11 is 0. The summed E-state index contributed by atoms with van der Waals surface area (Å²) in [5.74, 6) is 1.63. The van der Waals surface area contributed by atoms with Gasteiger partial charge in [-0.25, -0.2) is 0 Å². The van der Waals surface area contributed by atoms with Gasteiger partial charge in [0.25, 0.3) is 0 Å². The Hall–Kier alpha value is -4.10. The summed E-state index contributed by atoms with van der Waals surface area (Å²) in [6, 6.07) is 20.2. The van der Waals surface area contributed by atoms with Crippen molar-refractivity contribution in [3.63, 3.8) is 0 Å². The number of para-hydroxylation sites is 1. The van der Waals surface area contributed by atoms with Crippen molar-refractivity contribution in [3.05, 3.63) is 99.6 Å². The fourth-order valence-electron chi connectivity index (χ4n) is 5.08. The topological polar surface area (TPSA) is 79.5 Å². The van der Waals surface area contributed by atoms with Crippen LogP contribution < -0.4 is 20.5 Å². The molecule has 6 rings (SSSR count).